The highest BCUT2D eigenvalue weighted by molar-refractivity contribution is 7.92. The van der Waals surface area contributed by atoms with Crippen LogP contribution in [0, 0.1) is 0 Å². The summed E-state index contributed by atoms with van der Waals surface area (Å²) < 4.78 is 25.8. The molecule has 5 heteroatoms. The molecule has 0 amide bonds. The van der Waals surface area contributed by atoms with E-state index < -0.39 is 10.0 Å². The van der Waals surface area contributed by atoms with Crippen LogP contribution in [0.4, 0.5) is 5.69 Å². The summed E-state index contributed by atoms with van der Waals surface area (Å²) in [5, 5.41) is 3.06. The van der Waals surface area contributed by atoms with Gasteiger partial charge in [0, 0.05) is 12.2 Å². The summed E-state index contributed by atoms with van der Waals surface area (Å²) in [6.45, 7) is 3.38. The third-order valence-corrected chi connectivity index (χ3v) is 3.31. The van der Waals surface area contributed by atoms with E-state index >= 15 is 0 Å². The van der Waals surface area contributed by atoms with Gasteiger partial charge in [-0.05, 0) is 25.1 Å². The van der Waals surface area contributed by atoms with Crippen LogP contribution in [0.3, 0.4) is 0 Å². The SMILES string of the molecule is CCCNCCS(=O)(=O)Nc1ccccc1. The molecule has 1 aromatic carbocycles. The van der Waals surface area contributed by atoms with E-state index in [4.69, 9.17) is 0 Å². The zero-order valence-corrected chi connectivity index (χ0v) is 10.3. The van der Waals surface area contributed by atoms with Gasteiger partial charge in [0.1, 0.15) is 0 Å². The zero-order valence-electron chi connectivity index (χ0n) is 9.44. The highest BCUT2D eigenvalue weighted by Gasteiger charge is 2.08. The predicted octanol–water partition coefficient (Wildman–Crippen LogP) is 1.43. The number of anilines is 1. The Kier molecular flexibility index (Phi) is 5.28. The Morgan fingerprint density at radius 2 is 1.81 bits per heavy atom. The Labute approximate surface area is 97.1 Å². The van der Waals surface area contributed by atoms with Gasteiger partial charge >= 0.3 is 0 Å². The number of hydrogen-bond acceptors (Lipinski definition) is 3. The standard InChI is InChI=1S/C11H18N2O2S/c1-2-8-12-9-10-16(14,15)13-11-6-4-3-5-7-11/h3-7,12-13H,2,8-10H2,1H3. The van der Waals surface area contributed by atoms with Crippen LogP contribution < -0.4 is 10.0 Å². The Bertz CT molecular complexity index is 390. The summed E-state index contributed by atoms with van der Waals surface area (Å²) in [6, 6.07) is 8.91. The van der Waals surface area contributed by atoms with Gasteiger partial charge < -0.3 is 5.32 Å². The minimum absolute atomic E-state index is 0.0991. The average molecular weight is 242 g/mol. The molecule has 2 N–H and O–H groups in total. The van der Waals surface area contributed by atoms with Crippen molar-refractivity contribution in [3.8, 4) is 0 Å². The van der Waals surface area contributed by atoms with E-state index in [0.717, 1.165) is 13.0 Å². The Hall–Kier alpha value is -1.07. The molecule has 0 aliphatic carbocycles. The fourth-order valence-electron chi connectivity index (χ4n) is 1.25. The van der Waals surface area contributed by atoms with Crippen molar-refractivity contribution in [2.75, 3.05) is 23.6 Å². The van der Waals surface area contributed by atoms with Crippen molar-refractivity contribution < 1.29 is 8.42 Å². The van der Waals surface area contributed by atoms with Crippen molar-refractivity contribution in [2.45, 2.75) is 13.3 Å². The number of rotatable bonds is 7. The summed E-state index contributed by atoms with van der Waals surface area (Å²) in [6.07, 6.45) is 1.01. The third-order valence-electron chi connectivity index (χ3n) is 2.02. The lowest BCUT2D eigenvalue weighted by atomic mass is 10.3. The first-order valence-corrected chi connectivity index (χ1v) is 7.05. The van der Waals surface area contributed by atoms with Gasteiger partial charge in [-0.15, -0.1) is 0 Å². The molecule has 0 unspecified atom stereocenters. The number of para-hydroxylation sites is 1. The van der Waals surface area contributed by atoms with Crippen LogP contribution in [-0.2, 0) is 10.0 Å². The van der Waals surface area contributed by atoms with E-state index in [9.17, 15) is 8.42 Å². The molecule has 0 radical (unpaired) electrons. The maximum Gasteiger partial charge on any atom is 0.233 e. The molecule has 0 spiro atoms. The lowest BCUT2D eigenvalue weighted by Gasteiger charge is -2.08. The van der Waals surface area contributed by atoms with E-state index in [0.29, 0.717) is 12.2 Å². The molecule has 0 bridgehead atoms. The van der Waals surface area contributed by atoms with Crippen LogP contribution in [0.15, 0.2) is 30.3 Å². The van der Waals surface area contributed by atoms with Gasteiger partial charge in [-0.25, -0.2) is 8.42 Å². The fraction of sp³-hybridized carbons (Fsp3) is 0.455. The van der Waals surface area contributed by atoms with Crippen LogP contribution in [0.5, 0.6) is 0 Å². The molecule has 1 rings (SSSR count). The van der Waals surface area contributed by atoms with E-state index in [1.807, 2.05) is 13.0 Å². The summed E-state index contributed by atoms with van der Waals surface area (Å²) in [5.41, 5.74) is 0.609. The van der Waals surface area contributed by atoms with Crippen molar-refractivity contribution in [3.05, 3.63) is 30.3 Å². The van der Waals surface area contributed by atoms with Crippen LogP contribution in [-0.4, -0.2) is 27.3 Å². The Morgan fingerprint density at radius 3 is 2.44 bits per heavy atom. The molecule has 90 valence electrons. The molecule has 0 heterocycles. The normalized spacial score (nSPS) is 11.3. The lowest BCUT2D eigenvalue weighted by Crippen LogP contribution is -2.27. The first-order valence-electron chi connectivity index (χ1n) is 5.40. The summed E-state index contributed by atoms with van der Waals surface area (Å²) in [5.74, 6) is 0.0991. The van der Waals surface area contributed by atoms with E-state index in [1.165, 1.54) is 0 Å². The second kappa shape index (κ2) is 6.50. The number of hydrogen-bond donors (Lipinski definition) is 2. The number of sulfonamides is 1. The van der Waals surface area contributed by atoms with Gasteiger partial charge in [0.05, 0.1) is 5.75 Å². The highest BCUT2D eigenvalue weighted by Crippen LogP contribution is 2.07. The monoisotopic (exact) mass is 242 g/mol. The molecule has 0 atom stereocenters. The summed E-state index contributed by atoms with van der Waals surface area (Å²) in [4.78, 5) is 0. The molecule has 1 aromatic rings. The molecule has 0 saturated carbocycles. The molecular weight excluding hydrogens is 224 g/mol. The van der Waals surface area contributed by atoms with E-state index in [1.54, 1.807) is 24.3 Å². The smallest absolute Gasteiger partial charge is 0.233 e. The van der Waals surface area contributed by atoms with Crippen LogP contribution in [0.1, 0.15) is 13.3 Å². The number of benzene rings is 1. The van der Waals surface area contributed by atoms with Gasteiger partial charge in [-0.2, -0.15) is 0 Å². The van der Waals surface area contributed by atoms with Crippen LogP contribution in [0.25, 0.3) is 0 Å². The lowest BCUT2D eigenvalue weighted by molar-refractivity contribution is 0.595. The quantitative estimate of drug-likeness (QED) is 0.711. The molecular formula is C11H18N2O2S. The third kappa shape index (κ3) is 5.14. The van der Waals surface area contributed by atoms with Crippen molar-refractivity contribution >= 4 is 15.7 Å². The molecule has 0 aromatic heterocycles. The Balaban J connectivity index is 2.40. The van der Waals surface area contributed by atoms with Gasteiger partial charge in [-0.3, -0.25) is 4.72 Å². The second-order valence-corrected chi connectivity index (χ2v) is 5.38. The van der Waals surface area contributed by atoms with Crippen molar-refractivity contribution in [1.29, 1.82) is 0 Å². The maximum atomic E-state index is 11.6. The molecule has 16 heavy (non-hydrogen) atoms. The Morgan fingerprint density at radius 1 is 1.12 bits per heavy atom. The van der Waals surface area contributed by atoms with Crippen molar-refractivity contribution in [1.82, 2.24) is 5.32 Å². The minimum Gasteiger partial charge on any atom is -0.316 e. The van der Waals surface area contributed by atoms with Gasteiger partial charge in [0.15, 0.2) is 0 Å². The molecule has 0 aliphatic heterocycles. The molecule has 0 aliphatic rings. The zero-order chi connectivity index (χ0) is 11.9. The van der Waals surface area contributed by atoms with Gasteiger partial charge in [0.25, 0.3) is 0 Å². The van der Waals surface area contributed by atoms with Crippen LogP contribution in [0.2, 0.25) is 0 Å². The summed E-state index contributed by atoms with van der Waals surface area (Å²) in [7, 11) is -3.23. The maximum absolute atomic E-state index is 11.6. The van der Waals surface area contributed by atoms with Crippen LogP contribution >= 0.6 is 0 Å². The fourth-order valence-corrected chi connectivity index (χ4v) is 2.26. The first-order chi connectivity index (χ1) is 7.64. The van der Waals surface area contributed by atoms with Crippen molar-refractivity contribution in [2.24, 2.45) is 0 Å². The molecule has 0 saturated heterocycles. The highest BCUT2D eigenvalue weighted by atomic mass is 32.2. The number of nitrogens with one attached hydrogen (secondary N) is 2. The van der Waals surface area contributed by atoms with Gasteiger partial charge in [-0.1, -0.05) is 25.1 Å². The predicted molar refractivity (Wildman–Crippen MR) is 67.0 cm³/mol. The second-order valence-electron chi connectivity index (χ2n) is 3.54. The average Bonchev–Trinajstić information content (AvgIpc) is 2.25. The molecule has 4 nitrogen and oxygen atoms in total. The first kappa shape index (κ1) is 13.0. The summed E-state index contributed by atoms with van der Waals surface area (Å²) >= 11 is 0. The topological polar surface area (TPSA) is 58.2 Å². The van der Waals surface area contributed by atoms with Crippen molar-refractivity contribution in [3.63, 3.8) is 0 Å². The van der Waals surface area contributed by atoms with E-state index in [-0.39, 0.29) is 5.75 Å². The van der Waals surface area contributed by atoms with Gasteiger partial charge in [0.2, 0.25) is 10.0 Å². The van der Waals surface area contributed by atoms with E-state index in [2.05, 4.69) is 10.0 Å². The largest absolute Gasteiger partial charge is 0.316 e. The minimum atomic E-state index is -3.23. The molecule has 0 fully saturated rings.